The molecule has 2 heteroatoms. The molecule has 4 unspecified atom stereocenters. The van der Waals surface area contributed by atoms with Crippen LogP contribution in [0.5, 0.6) is 0 Å². The first-order chi connectivity index (χ1) is 9.85. The second-order valence-corrected chi connectivity index (χ2v) is 6.85. The van der Waals surface area contributed by atoms with E-state index in [0.717, 1.165) is 31.0 Å². The smallest absolute Gasteiger partial charge is 0.0575 e. The Balaban J connectivity index is 1.84. The number of hydrogen-bond donors (Lipinski definition) is 1. The van der Waals surface area contributed by atoms with Crippen molar-refractivity contribution in [2.75, 3.05) is 13.2 Å². The fraction of sp³-hybridized carbons (Fsp3) is 1.00. The van der Waals surface area contributed by atoms with Crippen LogP contribution in [0.1, 0.15) is 78.1 Å². The summed E-state index contributed by atoms with van der Waals surface area (Å²) in [4.78, 5) is 0. The summed E-state index contributed by atoms with van der Waals surface area (Å²) in [7, 11) is 0. The summed E-state index contributed by atoms with van der Waals surface area (Å²) in [5, 5.41) is 3.80. The van der Waals surface area contributed by atoms with Gasteiger partial charge in [0.05, 0.1) is 6.10 Å². The fourth-order valence-corrected chi connectivity index (χ4v) is 4.40. The average molecular weight is 281 g/mol. The lowest BCUT2D eigenvalue weighted by Crippen LogP contribution is -2.41. The lowest BCUT2D eigenvalue weighted by atomic mass is 9.73. The van der Waals surface area contributed by atoms with Crippen LogP contribution in [0.15, 0.2) is 0 Å². The minimum atomic E-state index is 0.550. The summed E-state index contributed by atoms with van der Waals surface area (Å²) in [5.74, 6) is 1.87. The van der Waals surface area contributed by atoms with Gasteiger partial charge in [0.1, 0.15) is 0 Å². The van der Waals surface area contributed by atoms with Gasteiger partial charge in [0, 0.05) is 12.6 Å². The summed E-state index contributed by atoms with van der Waals surface area (Å²) >= 11 is 0. The molecule has 2 aliphatic rings. The van der Waals surface area contributed by atoms with E-state index in [2.05, 4.69) is 19.2 Å². The maximum absolute atomic E-state index is 5.92. The van der Waals surface area contributed by atoms with Gasteiger partial charge in [0.2, 0.25) is 0 Å². The van der Waals surface area contributed by atoms with E-state index in [1.54, 1.807) is 0 Å². The molecule has 1 heterocycles. The third-order valence-corrected chi connectivity index (χ3v) is 5.55. The summed E-state index contributed by atoms with van der Waals surface area (Å²) in [6.07, 6.45) is 14.3. The molecule has 1 saturated carbocycles. The average Bonchev–Trinajstić information content (AvgIpc) is 2.52. The van der Waals surface area contributed by atoms with Crippen LogP contribution < -0.4 is 5.32 Å². The number of ether oxygens (including phenoxy) is 1. The first kappa shape index (κ1) is 16.3. The highest BCUT2D eigenvalue weighted by Gasteiger charge is 2.30. The Morgan fingerprint density at radius 3 is 2.55 bits per heavy atom. The number of hydrogen-bond acceptors (Lipinski definition) is 2. The molecule has 0 bridgehead atoms. The zero-order valence-electron chi connectivity index (χ0n) is 13.7. The van der Waals surface area contributed by atoms with Crippen LogP contribution in [0, 0.1) is 11.8 Å². The van der Waals surface area contributed by atoms with Gasteiger partial charge in [-0.3, -0.25) is 0 Å². The number of nitrogens with one attached hydrogen (secondary N) is 1. The van der Waals surface area contributed by atoms with Gasteiger partial charge in [0.25, 0.3) is 0 Å². The highest BCUT2D eigenvalue weighted by atomic mass is 16.5. The van der Waals surface area contributed by atoms with Crippen LogP contribution in [0.25, 0.3) is 0 Å². The summed E-state index contributed by atoms with van der Waals surface area (Å²) in [5.41, 5.74) is 0. The van der Waals surface area contributed by atoms with Crippen molar-refractivity contribution in [1.29, 1.82) is 0 Å². The van der Waals surface area contributed by atoms with E-state index in [1.165, 1.54) is 64.2 Å². The van der Waals surface area contributed by atoms with E-state index in [9.17, 15) is 0 Å². The van der Waals surface area contributed by atoms with Crippen molar-refractivity contribution in [3.8, 4) is 0 Å². The van der Waals surface area contributed by atoms with Crippen LogP contribution in [0.2, 0.25) is 0 Å². The standard InChI is InChI=1S/C18H35NO/c1-3-15-9-5-6-11-17(15)18(19-4-2)13-12-16-10-7-8-14-20-16/h15-19H,3-14H2,1-2H3. The van der Waals surface area contributed by atoms with Crippen LogP contribution >= 0.6 is 0 Å². The molecule has 20 heavy (non-hydrogen) atoms. The Morgan fingerprint density at radius 1 is 1.05 bits per heavy atom. The molecule has 2 nitrogen and oxygen atoms in total. The van der Waals surface area contributed by atoms with Gasteiger partial charge in [0.15, 0.2) is 0 Å². The van der Waals surface area contributed by atoms with Gasteiger partial charge in [-0.05, 0) is 56.9 Å². The molecule has 0 aromatic rings. The summed E-state index contributed by atoms with van der Waals surface area (Å²) in [6.45, 7) is 6.75. The second kappa shape index (κ2) is 9.04. The van der Waals surface area contributed by atoms with Crippen LogP contribution in [0.3, 0.4) is 0 Å². The largest absolute Gasteiger partial charge is 0.378 e. The van der Waals surface area contributed by atoms with Gasteiger partial charge in [-0.2, -0.15) is 0 Å². The molecule has 2 rings (SSSR count). The highest BCUT2D eigenvalue weighted by molar-refractivity contribution is 4.85. The third-order valence-electron chi connectivity index (χ3n) is 5.55. The van der Waals surface area contributed by atoms with Crippen molar-refractivity contribution in [2.24, 2.45) is 11.8 Å². The molecule has 0 amide bonds. The van der Waals surface area contributed by atoms with E-state index in [0.29, 0.717) is 6.10 Å². The van der Waals surface area contributed by atoms with E-state index < -0.39 is 0 Å². The van der Waals surface area contributed by atoms with Crippen LogP contribution in [-0.2, 0) is 4.74 Å². The van der Waals surface area contributed by atoms with E-state index in [-0.39, 0.29) is 0 Å². The third kappa shape index (κ3) is 4.73. The monoisotopic (exact) mass is 281 g/mol. The minimum absolute atomic E-state index is 0.550. The Hall–Kier alpha value is -0.0800. The SMILES string of the molecule is CCNC(CCC1CCCCO1)C1CCCCC1CC. The molecule has 0 aromatic heterocycles. The number of rotatable bonds is 7. The maximum Gasteiger partial charge on any atom is 0.0575 e. The van der Waals surface area contributed by atoms with E-state index >= 15 is 0 Å². The quantitative estimate of drug-likeness (QED) is 0.740. The Kier molecular flexibility index (Phi) is 7.37. The van der Waals surface area contributed by atoms with Crippen LogP contribution in [0.4, 0.5) is 0 Å². The maximum atomic E-state index is 5.92. The van der Waals surface area contributed by atoms with Crippen molar-refractivity contribution in [1.82, 2.24) is 5.32 Å². The Morgan fingerprint density at radius 2 is 1.85 bits per heavy atom. The first-order valence-electron chi connectivity index (χ1n) is 9.20. The normalized spacial score (nSPS) is 33.0. The van der Waals surface area contributed by atoms with Crippen molar-refractivity contribution < 1.29 is 4.74 Å². The molecule has 0 radical (unpaired) electrons. The van der Waals surface area contributed by atoms with Crippen LogP contribution in [-0.4, -0.2) is 25.3 Å². The highest BCUT2D eigenvalue weighted by Crippen LogP contribution is 2.36. The molecule has 0 aromatic carbocycles. The van der Waals surface area contributed by atoms with Gasteiger partial charge in [-0.1, -0.05) is 39.5 Å². The molecule has 1 saturated heterocycles. The lowest BCUT2D eigenvalue weighted by Gasteiger charge is -2.38. The Bertz CT molecular complexity index is 250. The predicted molar refractivity (Wildman–Crippen MR) is 86.0 cm³/mol. The zero-order chi connectivity index (χ0) is 14.2. The topological polar surface area (TPSA) is 21.3 Å². The molecule has 0 spiro atoms. The molecule has 2 fully saturated rings. The molecule has 4 atom stereocenters. The lowest BCUT2D eigenvalue weighted by molar-refractivity contribution is 0.00599. The van der Waals surface area contributed by atoms with Gasteiger partial charge >= 0.3 is 0 Å². The molecule has 1 aliphatic heterocycles. The van der Waals surface area contributed by atoms with Crippen molar-refractivity contribution in [3.05, 3.63) is 0 Å². The Labute approximate surface area is 126 Å². The van der Waals surface area contributed by atoms with Gasteiger partial charge < -0.3 is 10.1 Å². The molecule has 1 aliphatic carbocycles. The summed E-state index contributed by atoms with van der Waals surface area (Å²) < 4.78 is 5.92. The second-order valence-electron chi connectivity index (χ2n) is 6.85. The predicted octanol–water partition coefficient (Wildman–Crippen LogP) is 4.53. The molecule has 1 N–H and O–H groups in total. The fourth-order valence-electron chi connectivity index (χ4n) is 4.40. The van der Waals surface area contributed by atoms with Crippen molar-refractivity contribution in [2.45, 2.75) is 90.2 Å². The molecular weight excluding hydrogens is 246 g/mol. The van der Waals surface area contributed by atoms with Gasteiger partial charge in [-0.25, -0.2) is 0 Å². The summed E-state index contributed by atoms with van der Waals surface area (Å²) in [6, 6.07) is 0.732. The minimum Gasteiger partial charge on any atom is -0.378 e. The van der Waals surface area contributed by atoms with Crippen molar-refractivity contribution in [3.63, 3.8) is 0 Å². The van der Waals surface area contributed by atoms with E-state index in [4.69, 9.17) is 4.74 Å². The molecular formula is C18H35NO. The molecule has 118 valence electrons. The van der Waals surface area contributed by atoms with E-state index in [1.807, 2.05) is 0 Å². The van der Waals surface area contributed by atoms with Crippen molar-refractivity contribution >= 4 is 0 Å². The van der Waals surface area contributed by atoms with Gasteiger partial charge in [-0.15, -0.1) is 0 Å². The first-order valence-corrected chi connectivity index (χ1v) is 9.20. The zero-order valence-corrected chi connectivity index (χ0v) is 13.7.